The fraction of sp³-hybridized carbons (Fsp3) is 0.917. The van der Waals surface area contributed by atoms with E-state index in [-0.39, 0.29) is 11.3 Å². The normalized spacial score (nSPS) is 27.2. The zero-order valence-corrected chi connectivity index (χ0v) is 10.8. The Morgan fingerprint density at radius 2 is 2.19 bits per heavy atom. The van der Waals surface area contributed by atoms with Gasteiger partial charge in [-0.3, -0.25) is 4.79 Å². The molecule has 94 valence electrons. The molecule has 16 heavy (non-hydrogen) atoms. The summed E-state index contributed by atoms with van der Waals surface area (Å²) in [6.45, 7) is 7.56. The van der Waals surface area contributed by atoms with Crippen molar-refractivity contribution >= 4 is 5.91 Å². The number of nitrogens with one attached hydrogen (secondary N) is 2. The molecule has 1 fully saturated rings. The molecule has 0 bridgehead atoms. The van der Waals surface area contributed by atoms with Crippen LogP contribution in [0.3, 0.4) is 0 Å². The van der Waals surface area contributed by atoms with Crippen molar-refractivity contribution in [3.05, 3.63) is 0 Å². The van der Waals surface area contributed by atoms with E-state index in [9.17, 15) is 4.79 Å². The highest BCUT2D eigenvalue weighted by Gasteiger charge is 2.48. The van der Waals surface area contributed by atoms with E-state index in [4.69, 9.17) is 4.74 Å². The minimum Gasteiger partial charge on any atom is -0.381 e. The van der Waals surface area contributed by atoms with Gasteiger partial charge < -0.3 is 15.4 Å². The van der Waals surface area contributed by atoms with Gasteiger partial charge in [-0.2, -0.15) is 0 Å². The van der Waals surface area contributed by atoms with Crippen molar-refractivity contribution < 1.29 is 9.53 Å². The van der Waals surface area contributed by atoms with Gasteiger partial charge in [0.05, 0.1) is 12.6 Å². The fourth-order valence-electron chi connectivity index (χ4n) is 2.17. The van der Waals surface area contributed by atoms with E-state index in [2.05, 4.69) is 24.5 Å². The van der Waals surface area contributed by atoms with Crippen molar-refractivity contribution in [2.24, 2.45) is 5.41 Å². The van der Waals surface area contributed by atoms with E-state index in [1.807, 2.05) is 6.92 Å². The molecule has 0 spiro atoms. The van der Waals surface area contributed by atoms with Gasteiger partial charge in [0.25, 0.3) is 0 Å². The molecule has 1 aliphatic carbocycles. The van der Waals surface area contributed by atoms with Gasteiger partial charge in [-0.25, -0.2) is 0 Å². The molecule has 4 heteroatoms. The summed E-state index contributed by atoms with van der Waals surface area (Å²) in [5.74, 6) is 0.0820. The van der Waals surface area contributed by atoms with Gasteiger partial charge in [0.15, 0.2) is 0 Å². The lowest BCUT2D eigenvalue weighted by molar-refractivity contribution is -0.123. The maximum atomic E-state index is 11.4. The average molecular weight is 228 g/mol. The van der Waals surface area contributed by atoms with Gasteiger partial charge in [-0.05, 0) is 12.8 Å². The van der Waals surface area contributed by atoms with Crippen LogP contribution in [0.5, 0.6) is 0 Å². The minimum atomic E-state index is 0.0820. The topological polar surface area (TPSA) is 50.4 Å². The van der Waals surface area contributed by atoms with Gasteiger partial charge in [0, 0.05) is 25.1 Å². The molecule has 4 nitrogen and oxygen atoms in total. The Morgan fingerprint density at radius 1 is 1.50 bits per heavy atom. The predicted octanol–water partition coefficient (Wildman–Crippen LogP) is 0.916. The molecular formula is C12H24N2O2. The van der Waals surface area contributed by atoms with Crippen LogP contribution in [-0.2, 0) is 9.53 Å². The average Bonchev–Trinajstić information content (AvgIpc) is 2.25. The summed E-state index contributed by atoms with van der Waals surface area (Å²) < 4.78 is 5.36. The molecular weight excluding hydrogens is 204 g/mol. The molecule has 0 aromatic rings. The Morgan fingerprint density at radius 3 is 2.69 bits per heavy atom. The first kappa shape index (κ1) is 13.5. The van der Waals surface area contributed by atoms with Crippen LogP contribution in [0.4, 0.5) is 0 Å². The van der Waals surface area contributed by atoms with E-state index in [1.165, 1.54) is 0 Å². The van der Waals surface area contributed by atoms with E-state index in [1.54, 1.807) is 7.11 Å². The third-order valence-corrected chi connectivity index (χ3v) is 3.54. The van der Waals surface area contributed by atoms with Crippen LogP contribution in [0, 0.1) is 5.41 Å². The van der Waals surface area contributed by atoms with Crippen molar-refractivity contribution in [1.29, 1.82) is 0 Å². The Balaban J connectivity index is 2.22. The van der Waals surface area contributed by atoms with Crippen LogP contribution < -0.4 is 10.6 Å². The summed E-state index contributed by atoms with van der Waals surface area (Å²) >= 11 is 0. The molecule has 0 aromatic carbocycles. The predicted molar refractivity (Wildman–Crippen MR) is 64.3 cm³/mol. The lowest BCUT2D eigenvalue weighted by atomic mass is 9.64. The van der Waals surface area contributed by atoms with Gasteiger partial charge in [0.2, 0.25) is 5.91 Å². The van der Waals surface area contributed by atoms with Crippen LogP contribution >= 0.6 is 0 Å². The summed E-state index contributed by atoms with van der Waals surface area (Å²) in [6, 6.07) is 0.379. The zero-order chi connectivity index (χ0) is 12.2. The Bertz CT molecular complexity index is 241. The largest absolute Gasteiger partial charge is 0.381 e. The van der Waals surface area contributed by atoms with Crippen LogP contribution in [0.1, 0.15) is 33.6 Å². The van der Waals surface area contributed by atoms with Crippen molar-refractivity contribution in [3.8, 4) is 0 Å². The van der Waals surface area contributed by atoms with Gasteiger partial charge in [-0.1, -0.05) is 20.8 Å². The maximum Gasteiger partial charge on any atom is 0.233 e. The molecule has 2 unspecified atom stereocenters. The smallest absolute Gasteiger partial charge is 0.233 e. The molecule has 1 rings (SSSR count). The van der Waals surface area contributed by atoms with Crippen LogP contribution in [0.2, 0.25) is 0 Å². The highest BCUT2D eigenvalue weighted by atomic mass is 16.5. The number of methoxy groups -OCH3 is 1. The second kappa shape index (κ2) is 5.64. The Kier molecular flexibility index (Phi) is 4.74. The van der Waals surface area contributed by atoms with Crippen molar-refractivity contribution in [1.82, 2.24) is 10.6 Å². The molecule has 0 aliphatic heterocycles. The van der Waals surface area contributed by atoms with Gasteiger partial charge in [-0.15, -0.1) is 0 Å². The minimum absolute atomic E-state index is 0.0820. The summed E-state index contributed by atoms with van der Waals surface area (Å²) in [7, 11) is 1.75. The van der Waals surface area contributed by atoms with E-state index in [0.29, 0.717) is 18.7 Å². The number of hydrogen-bond acceptors (Lipinski definition) is 3. The van der Waals surface area contributed by atoms with Crippen molar-refractivity contribution in [2.75, 3.05) is 20.2 Å². The number of ether oxygens (including phenoxy) is 1. The van der Waals surface area contributed by atoms with Crippen LogP contribution in [0.15, 0.2) is 0 Å². The molecule has 2 N–H and O–H groups in total. The van der Waals surface area contributed by atoms with E-state index >= 15 is 0 Å². The highest BCUT2D eigenvalue weighted by molar-refractivity contribution is 5.78. The SMILES string of the molecule is CCCNC(=O)CNC1CC(OC)C1(C)C. The molecule has 1 amide bonds. The zero-order valence-electron chi connectivity index (χ0n) is 10.8. The molecule has 1 aliphatic rings. The van der Waals surface area contributed by atoms with Crippen LogP contribution in [-0.4, -0.2) is 38.3 Å². The number of hydrogen-bond donors (Lipinski definition) is 2. The van der Waals surface area contributed by atoms with Crippen LogP contribution in [0.25, 0.3) is 0 Å². The molecule has 0 heterocycles. The van der Waals surface area contributed by atoms with Gasteiger partial charge >= 0.3 is 0 Å². The lowest BCUT2D eigenvalue weighted by Gasteiger charge is -2.51. The third kappa shape index (κ3) is 2.95. The highest BCUT2D eigenvalue weighted by Crippen LogP contribution is 2.42. The fourth-order valence-corrected chi connectivity index (χ4v) is 2.17. The van der Waals surface area contributed by atoms with Crippen molar-refractivity contribution in [3.63, 3.8) is 0 Å². The molecule has 1 saturated carbocycles. The third-order valence-electron chi connectivity index (χ3n) is 3.54. The monoisotopic (exact) mass is 228 g/mol. The number of rotatable bonds is 6. The summed E-state index contributed by atoms with van der Waals surface area (Å²) in [5, 5.41) is 6.15. The molecule has 0 radical (unpaired) electrons. The quantitative estimate of drug-likeness (QED) is 0.710. The number of carbonyl (C=O) groups is 1. The van der Waals surface area contributed by atoms with E-state index in [0.717, 1.165) is 19.4 Å². The summed E-state index contributed by atoms with van der Waals surface area (Å²) in [4.78, 5) is 11.4. The maximum absolute atomic E-state index is 11.4. The molecule has 2 atom stereocenters. The van der Waals surface area contributed by atoms with Gasteiger partial charge in [0.1, 0.15) is 0 Å². The lowest BCUT2D eigenvalue weighted by Crippen LogP contribution is -2.61. The molecule has 0 saturated heterocycles. The standard InChI is InChI=1S/C12H24N2O2/c1-5-6-13-11(15)8-14-9-7-10(16-4)12(9,2)3/h9-10,14H,5-8H2,1-4H3,(H,13,15). The second-order valence-corrected chi connectivity index (χ2v) is 5.06. The first-order valence-electron chi connectivity index (χ1n) is 6.05. The first-order valence-corrected chi connectivity index (χ1v) is 6.05. The Hall–Kier alpha value is -0.610. The second-order valence-electron chi connectivity index (χ2n) is 5.06. The van der Waals surface area contributed by atoms with Crippen molar-refractivity contribution in [2.45, 2.75) is 45.8 Å². The number of amides is 1. The number of carbonyl (C=O) groups excluding carboxylic acids is 1. The Labute approximate surface area is 98.1 Å². The van der Waals surface area contributed by atoms with E-state index < -0.39 is 0 Å². The first-order chi connectivity index (χ1) is 7.52. The molecule has 0 aromatic heterocycles. The summed E-state index contributed by atoms with van der Waals surface area (Å²) in [5.41, 5.74) is 0.125. The summed E-state index contributed by atoms with van der Waals surface area (Å²) in [6.07, 6.45) is 2.28.